The normalized spacial score (nSPS) is 10.5. The molecule has 0 aliphatic heterocycles. The number of amides is 2. The van der Waals surface area contributed by atoms with E-state index in [0.29, 0.717) is 5.69 Å². The molecule has 0 radical (unpaired) electrons. The lowest BCUT2D eigenvalue weighted by atomic mass is 10.3. The summed E-state index contributed by atoms with van der Waals surface area (Å²) in [6.45, 7) is 0. The minimum Gasteiger partial charge on any atom is -0.350 e. The number of anilines is 1. The van der Waals surface area contributed by atoms with E-state index in [9.17, 15) is 14.9 Å². The van der Waals surface area contributed by atoms with Crippen molar-refractivity contribution in [1.82, 2.24) is 9.99 Å². The Morgan fingerprint density at radius 2 is 2.05 bits per heavy atom. The summed E-state index contributed by atoms with van der Waals surface area (Å²) < 4.78 is 1.85. The van der Waals surface area contributed by atoms with Gasteiger partial charge in [0.05, 0.1) is 16.8 Å². The van der Waals surface area contributed by atoms with Crippen LogP contribution in [0, 0.1) is 10.1 Å². The smallest absolute Gasteiger partial charge is 0.339 e. The molecule has 0 bridgehead atoms. The van der Waals surface area contributed by atoms with Gasteiger partial charge in [0.2, 0.25) is 0 Å². The van der Waals surface area contributed by atoms with Gasteiger partial charge in [-0.05, 0) is 24.3 Å². The molecule has 1 heterocycles. The molecule has 2 rings (SSSR count). The van der Waals surface area contributed by atoms with Crippen LogP contribution in [-0.4, -0.2) is 21.7 Å². The first-order valence-electron chi connectivity index (χ1n) is 6.02. The third kappa shape index (κ3) is 3.90. The monoisotopic (exact) mass is 287 g/mol. The molecule has 8 nitrogen and oxygen atoms in total. The highest BCUT2D eigenvalue weighted by molar-refractivity contribution is 5.90. The van der Waals surface area contributed by atoms with E-state index in [1.165, 1.54) is 30.5 Å². The van der Waals surface area contributed by atoms with Crippen LogP contribution in [0.25, 0.3) is 0 Å². The molecular formula is C13H13N5O3. The number of carbonyl (C=O) groups is 1. The van der Waals surface area contributed by atoms with E-state index in [-0.39, 0.29) is 5.69 Å². The van der Waals surface area contributed by atoms with Crippen LogP contribution in [0.2, 0.25) is 0 Å². The molecular weight excluding hydrogens is 274 g/mol. The van der Waals surface area contributed by atoms with E-state index in [2.05, 4.69) is 15.8 Å². The van der Waals surface area contributed by atoms with Gasteiger partial charge in [-0.15, -0.1) is 0 Å². The molecule has 0 saturated carbocycles. The summed E-state index contributed by atoms with van der Waals surface area (Å²) in [6, 6.07) is 8.68. The fourth-order valence-electron chi connectivity index (χ4n) is 1.59. The van der Waals surface area contributed by atoms with Gasteiger partial charge < -0.3 is 9.88 Å². The highest BCUT2D eigenvalue weighted by Crippen LogP contribution is 2.15. The summed E-state index contributed by atoms with van der Waals surface area (Å²) in [6.07, 6.45) is 3.37. The molecule has 1 aromatic carbocycles. The molecule has 0 atom stereocenters. The second-order valence-electron chi connectivity index (χ2n) is 4.17. The minimum absolute atomic E-state index is 0.0392. The van der Waals surface area contributed by atoms with Crippen molar-refractivity contribution < 1.29 is 9.72 Å². The van der Waals surface area contributed by atoms with Gasteiger partial charge in [-0.1, -0.05) is 0 Å². The third-order valence-electron chi connectivity index (χ3n) is 2.68. The summed E-state index contributed by atoms with van der Waals surface area (Å²) in [5.74, 6) is 0. The van der Waals surface area contributed by atoms with Gasteiger partial charge in [0.15, 0.2) is 0 Å². The van der Waals surface area contributed by atoms with Gasteiger partial charge >= 0.3 is 6.03 Å². The molecule has 108 valence electrons. The number of nitro benzene ring substituents is 1. The Balaban J connectivity index is 1.88. The van der Waals surface area contributed by atoms with Crippen molar-refractivity contribution in [2.45, 2.75) is 0 Å². The Kier molecular flexibility index (Phi) is 4.30. The molecule has 21 heavy (non-hydrogen) atoms. The number of aryl methyl sites for hydroxylation is 1. The number of benzene rings is 1. The Hall–Kier alpha value is -3.16. The van der Waals surface area contributed by atoms with Crippen LogP contribution in [0.15, 0.2) is 47.7 Å². The molecule has 0 aliphatic rings. The molecule has 1 aromatic heterocycles. The van der Waals surface area contributed by atoms with Crippen LogP contribution in [-0.2, 0) is 7.05 Å². The second kappa shape index (κ2) is 6.33. The van der Waals surface area contributed by atoms with Crippen LogP contribution >= 0.6 is 0 Å². The highest BCUT2D eigenvalue weighted by Gasteiger charge is 2.05. The number of urea groups is 1. The van der Waals surface area contributed by atoms with Crippen molar-refractivity contribution in [2.75, 3.05) is 5.32 Å². The SMILES string of the molecule is Cn1cccc1/C=N/NC(=O)Nc1ccc([N+](=O)[O-])cc1. The van der Waals surface area contributed by atoms with Crippen molar-refractivity contribution in [3.8, 4) is 0 Å². The number of nitrogens with one attached hydrogen (secondary N) is 2. The van der Waals surface area contributed by atoms with Crippen LogP contribution in [0.1, 0.15) is 5.69 Å². The van der Waals surface area contributed by atoms with Gasteiger partial charge in [0, 0.05) is 31.1 Å². The first-order chi connectivity index (χ1) is 10.1. The lowest BCUT2D eigenvalue weighted by Gasteiger charge is -2.03. The van der Waals surface area contributed by atoms with Gasteiger partial charge in [-0.3, -0.25) is 10.1 Å². The fraction of sp³-hybridized carbons (Fsp3) is 0.0769. The maximum atomic E-state index is 11.6. The summed E-state index contributed by atoms with van der Waals surface area (Å²) in [5.41, 5.74) is 3.54. The molecule has 2 amide bonds. The molecule has 8 heteroatoms. The highest BCUT2D eigenvalue weighted by atomic mass is 16.6. The Labute approximate surface area is 120 Å². The topological polar surface area (TPSA) is 102 Å². The van der Waals surface area contributed by atoms with Crippen molar-refractivity contribution in [3.05, 3.63) is 58.4 Å². The number of hydrogen-bond donors (Lipinski definition) is 2. The largest absolute Gasteiger partial charge is 0.350 e. The first-order valence-corrected chi connectivity index (χ1v) is 6.02. The van der Waals surface area contributed by atoms with Crippen molar-refractivity contribution in [2.24, 2.45) is 12.1 Å². The Morgan fingerprint density at radius 1 is 1.33 bits per heavy atom. The summed E-state index contributed by atoms with van der Waals surface area (Å²) in [5, 5.41) is 16.8. The Bertz CT molecular complexity index is 675. The minimum atomic E-state index is -0.533. The number of carbonyl (C=O) groups excluding carboxylic acids is 1. The van der Waals surface area contributed by atoms with E-state index >= 15 is 0 Å². The fourth-order valence-corrected chi connectivity index (χ4v) is 1.59. The zero-order valence-electron chi connectivity index (χ0n) is 11.2. The zero-order valence-corrected chi connectivity index (χ0v) is 11.2. The van der Waals surface area contributed by atoms with E-state index in [0.717, 1.165) is 5.69 Å². The van der Waals surface area contributed by atoms with Crippen LogP contribution in [0.3, 0.4) is 0 Å². The van der Waals surface area contributed by atoms with Crippen LogP contribution < -0.4 is 10.7 Å². The zero-order chi connectivity index (χ0) is 15.2. The van der Waals surface area contributed by atoms with Crippen LogP contribution in [0.4, 0.5) is 16.2 Å². The molecule has 2 N–H and O–H groups in total. The van der Waals surface area contributed by atoms with Gasteiger partial charge in [-0.25, -0.2) is 10.2 Å². The lowest BCUT2D eigenvalue weighted by molar-refractivity contribution is -0.384. The number of nitrogens with zero attached hydrogens (tertiary/aromatic N) is 3. The van der Waals surface area contributed by atoms with E-state index in [1.54, 1.807) is 0 Å². The maximum Gasteiger partial charge on any atom is 0.339 e. The number of hydrogen-bond acceptors (Lipinski definition) is 4. The molecule has 0 fully saturated rings. The van der Waals surface area contributed by atoms with Crippen molar-refractivity contribution >= 4 is 23.6 Å². The van der Waals surface area contributed by atoms with E-state index in [1.807, 2.05) is 29.9 Å². The van der Waals surface area contributed by atoms with Gasteiger partial charge in [0.1, 0.15) is 0 Å². The molecule has 0 saturated heterocycles. The molecule has 0 unspecified atom stereocenters. The van der Waals surface area contributed by atoms with Crippen LogP contribution in [0.5, 0.6) is 0 Å². The number of non-ortho nitro benzene ring substituents is 1. The quantitative estimate of drug-likeness (QED) is 0.511. The number of aromatic nitrogens is 1. The summed E-state index contributed by atoms with van der Waals surface area (Å²) in [7, 11) is 1.86. The van der Waals surface area contributed by atoms with Crippen molar-refractivity contribution in [1.29, 1.82) is 0 Å². The average molecular weight is 287 g/mol. The second-order valence-corrected chi connectivity index (χ2v) is 4.17. The lowest BCUT2D eigenvalue weighted by Crippen LogP contribution is -2.24. The van der Waals surface area contributed by atoms with E-state index < -0.39 is 11.0 Å². The summed E-state index contributed by atoms with van der Waals surface area (Å²) >= 11 is 0. The molecule has 2 aromatic rings. The molecule has 0 aliphatic carbocycles. The Morgan fingerprint density at radius 3 is 2.62 bits per heavy atom. The number of hydrazone groups is 1. The van der Waals surface area contributed by atoms with E-state index in [4.69, 9.17) is 0 Å². The predicted octanol–water partition coefficient (Wildman–Crippen LogP) is 2.09. The van der Waals surface area contributed by atoms with Crippen molar-refractivity contribution in [3.63, 3.8) is 0 Å². The first kappa shape index (κ1) is 14.3. The standard InChI is InChI=1S/C13H13N5O3/c1-17-8-2-3-12(17)9-14-16-13(19)15-10-4-6-11(7-5-10)18(20)21/h2-9H,1H3,(H2,15,16,19)/b14-9+. The predicted molar refractivity (Wildman–Crippen MR) is 78.3 cm³/mol. The molecule has 0 spiro atoms. The van der Waals surface area contributed by atoms with Gasteiger partial charge in [-0.2, -0.15) is 5.10 Å². The third-order valence-corrected chi connectivity index (χ3v) is 2.68. The number of rotatable bonds is 4. The number of nitro groups is 1. The van der Waals surface area contributed by atoms with Gasteiger partial charge in [0.25, 0.3) is 5.69 Å². The summed E-state index contributed by atoms with van der Waals surface area (Å²) in [4.78, 5) is 21.6. The average Bonchev–Trinajstić information content (AvgIpc) is 2.85. The maximum absolute atomic E-state index is 11.6.